The number of nitrogens with zero attached hydrogens (tertiary/aromatic N) is 4. The number of hydrogen-bond donors (Lipinski definition) is 1. The Balaban J connectivity index is 1.39. The quantitative estimate of drug-likeness (QED) is 0.576. The maximum atomic E-state index is 13.6. The lowest BCUT2D eigenvalue weighted by atomic mass is 9.82. The molecular weight excluding hydrogens is 485 g/mol. The van der Waals surface area contributed by atoms with Gasteiger partial charge in [-0.1, -0.05) is 12.1 Å². The molecule has 1 aliphatic heterocycles. The molecule has 2 aromatic rings. The van der Waals surface area contributed by atoms with E-state index in [0.717, 1.165) is 35.6 Å². The zero-order chi connectivity index (χ0) is 25.9. The van der Waals surface area contributed by atoms with Gasteiger partial charge in [0.05, 0.1) is 12.7 Å². The lowest BCUT2D eigenvalue weighted by Crippen LogP contribution is -2.55. The van der Waals surface area contributed by atoms with Gasteiger partial charge in [-0.15, -0.1) is 0 Å². The fourth-order valence-corrected chi connectivity index (χ4v) is 6.07. The summed E-state index contributed by atoms with van der Waals surface area (Å²) >= 11 is 0. The largest absolute Gasteiger partial charge is 0.378 e. The van der Waals surface area contributed by atoms with Crippen LogP contribution in [0, 0.1) is 11.7 Å². The van der Waals surface area contributed by atoms with Crippen LogP contribution >= 0.6 is 0 Å². The van der Waals surface area contributed by atoms with E-state index in [1.165, 1.54) is 20.2 Å². The van der Waals surface area contributed by atoms with Crippen molar-refractivity contribution < 1.29 is 22.3 Å². The van der Waals surface area contributed by atoms with Crippen molar-refractivity contribution in [2.24, 2.45) is 13.0 Å². The van der Waals surface area contributed by atoms with Gasteiger partial charge in [0.2, 0.25) is 0 Å². The second-order valence-corrected chi connectivity index (χ2v) is 11.9. The second kappa shape index (κ2) is 11.4. The summed E-state index contributed by atoms with van der Waals surface area (Å²) in [4.78, 5) is 14.8. The third-order valence-corrected chi connectivity index (χ3v) is 8.94. The number of carbonyl (C=O) groups is 1. The minimum atomic E-state index is -3.62. The van der Waals surface area contributed by atoms with Gasteiger partial charge in [0.15, 0.2) is 0 Å². The monoisotopic (exact) mass is 521 g/mol. The normalized spacial score (nSPS) is 25.3. The maximum Gasteiger partial charge on any atom is 0.279 e. The van der Waals surface area contributed by atoms with E-state index in [9.17, 15) is 17.6 Å². The number of ether oxygens (including phenoxy) is 1. The number of halogens is 1. The molecule has 36 heavy (non-hydrogen) atoms. The molecule has 1 aliphatic carbocycles. The Labute approximate surface area is 212 Å². The van der Waals surface area contributed by atoms with E-state index in [1.807, 2.05) is 6.07 Å². The van der Waals surface area contributed by atoms with Gasteiger partial charge in [0.1, 0.15) is 11.5 Å². The van der Waals surface area contributed by atoms with Gasteiger partial charge in [-0.05, 0) is 61.8 Å². The molecule has 2 fully saturated rings. The van der Waals surface area contributed by atoms with Crippen molar-refractivity contribution in [1.82, 2.24) is 23.7 Å². The molecule has 2 heterocycles. The van der Waals surface area contributed by atoms with E-state index in [4.69, 9.17) is 4.74 Å². The topological polar surface area (TPSA) is 96.8 Å². The molecule has 1 aromatic heterocycles. The van der Waals surface area contributed by atoms with Crippen molar-refractivity contribution in [3.8, 4) is 0 Å². The first-order valence-corrected chi connectivity index (χ1v) is 13.9. The van der Waals surface area contributed by atoms with Crippen LogP contribution in [0.1, 0.15) is 54.1 Å². The minimum Gasteiger partial charge on any atom is -0.378 e. The molecule has 2 unspecified atom stereocenters. The Hall–Kier alpha value is -2.34. The zero-order valence-corrected chi connectivity index (χ0v) is 22.0. The maximum absolute atomic E-state index is 13.6. The first kappa shape index (κ1) is 26.7. The van der Waals surface area contributed by atoms with E-state index >= 15 is 0 Å². The predicted molar refractivity (Wildman–Crippen MR) is 134 cm³/mol. The Kier molecular flexibility index (Phi) is 8.44. The van der Waals surface area contributed by atoms with Crippen LogP contribution in [0.2, 0.25) is 0 Å². The third-order valence-electron chi connectivity index (χ3n) is 7.38. The van der Waals surface area contributed by atoms with Crippen molar-refractivity contribution in [1.29, 1.82) is 0 Å². The van der Waals surface area contributed by atoms with Crippen LogP contribution in [0.25, 0.3) is 0 Å². The Bertz CT molecular complexity index is 1150. The summed E-state index contributed by atoms with van der Waals surface area (Å²) in [6.07, 6.45) is 5.70. The Morgan fingerprint density at radius 1 is 1.19 bits per heavy atom. The number of rotatable bonds is 8. The standard InChI is InChI=1S/C25H36FN5O4S/c1-29(2)36(33,34)28-23-12-14-31(25(32)24-11-13-27-30(24)3)16-20(23)17-35-22-9-7-18(8-10-22)19-5-4-6-21(26)15-19/h4-6,11,13,15,18,20,22-23,28H,7-10,12,14,16-17H2,1-3H3. The average Bonchev–Trinajstić information content (AvgIpc) is 3.28. The van der Waals surface area contributed by atoms with Gasteiger partial charge in [-0.2, -0.15) is 22.5 Å². The number of likely N-dealkylation sites (tertiary alicyclic amines) is 1. The third kappa shape index (κ3) is 6.31. The number of amides is 1. The van der Waals surface area contributed by atoms with Crippen LogP contribution in [0.5, 0.6) is 0 Å². The molecule has 2 atom stereocenters. The Morgan fingerprint density at radius 2 is 1.94 bits per heavy atom. The summed E-state index contributed by atoms with van der Waals surface area (Å²) < 4.78 is 50.5. The molecule has 0 radical (unpaired) electrons. The summed E-state index contributed by atoms with van der Waals surface area (Å²) in [5.74, 6) is -0.197. The van der Waals surface area contributed by atoms with Crippen molar-refractivity contribution >= 4 is 16.1 Å². The molecule has 1 aromatic carbocycles. The van der Waals surface area contributed by atoms with E-state index in [0.29, 0.717) is 37.7 Å². The number of carbonyl (C=O) groups excluding carboxylic acids is 1. The van der Waals surface area contributed by atoms with Gasteiger partial charge >= 0.3 is 0 Å². The number of piperidine rings is 1. The summed E-state index contributed by atoms with van der Waals surface area (Å²) in [6, 6.07) is 8.16. The molecule has 1 saturated heterocycles. The molecule has 0 spiro atoms. The van der Waals surface area contributed by atoms with Crippen molar-refractivity contribution in [3.05, 3.63) is 53.6 Å². The number of hydrogen-bond acceptors (Lipinski definition) is 5. The molecule has 4 rings (SSSR count). The molecule has 1 saturated carbocycles. The first-order valence-electron chi connectivity index (χ1n) is 12.5. The second-order valence-electron chi connectivity index (χ2n) is 10.0. The van der Waals surface area contributed by atoms with Crippen molar-refractivity contribution in [2.75, 3.05) is 33.8 Å². The number of aryl methyl sites for hydroxylation is 1. The van der Waals surface area contributed by atoms with E-state index < -0.39 is 10.2 Å². The van der Waals surface area contributed by atoms with E-state index in [2.05, 4.69) is 9.82 Å². The highest BCUT2D eigenvalue weighted by molar-refractivity contribution is 7.87. The van der Waals surface area contributed by atoms with Crippen LogP contribution in [0.3, 0.4) is 0 Å². The van der Waals surface area contributed by atoms with Crippen LogP contribution < -0.4 is 4.72 Å². The van der Waals surface area contributed by atoms with Gasteiger partial charge in [-0.25, -0.2) is 4.39 Å². The highest BCUT2D eigenvalue weighted by Gasteiger charge is 2.36. The highest BCUT2D eigenvalue weighted by atomic mass is 32.2. The number of aromatic nitrogens is 2. The molecule has 1 amide bonds. The predicted octanol–water partition coefficient (Wildman–Crippen LogP) is 2.53. The van der Waals surface area contributed by atoms with Crippen LogP contribution in [0.15, 0.2) is 36.5 Å². The highest BCUT2D eigenvalue weighted by Crippen LogP contribution is 2.34. The zero-order valence-electron chi connectivity index (χ0n) is 21.1. The van der Waals surface area contributed by atoms with Gasteiger partial charge in [-0.3, -0.25) is 9.48 Å². The average molecular weight is 522 g/mol. The summed E-state index contributed by atoms with van der Waals surface area (Å²) in [7, 11) is 1.09. The number of benzene rings is 1. The molecule has 1 N–H and O–H groups in total. The van der Waals surface area contributed by atoms with E-state index in [-0.39, 0.29) is 29.8 Å². The summed E-state index contributed by atoms with van der Waals surface area (Å²) in [5.41, 5.74) is 1.53. The van der Waals surface area contributed by atoms with Crippen molar-refractivity contribution in [3.63, 3.8) is 0 Å². The van der Waals surface area contributed by atoms with Crippen molar-refractivity contribution in [2.45, 2.75) is 50.2 Å². The molecular formula is C25H36FN5O4S. The van der Waals surface area contributed by atoms with Crippen LogP contribution in [-0.4, -0.2) is 79.2 Å². The first-order chi connectivity index (χ1) is 17.1. The molecule has 198 valence electrons. The van der Waals surface area contributed by atoms with Gasteiger partial charge in [0, 0.05) is 52.4 Å². The van der Waals surface area contributed by atoms with Gasteiger partial charge < -0.3 is 9.64 Å². The fraction of sp³-hybridized carbons (Fsp3) is 0.600. The molecule has 2 aliphatic rings. The summed E-state index contributed by atoms with van der Waals surface area (Å²) in [6.45, 7) is 1.19. The van der Waals surface area contributed by atoms with Gasteiger partial charge in [0.25, 0.3) is 16.1 Å². The van der Waals surface area contributed by atoms with Crippen LogP contribution in [0.4, 0.5) is 4.39 Å². The Morgan fingerprint density at radius 3 is 2.58 bits per heavy atom. The summed E-state index contributed by atoms with van der Waals surface area (Å²) in [5, 5.41) is 4.09. The molecule has 11 heteroatoms. The fourth-order valence-electron chi connectivity index (χ4n) is 5.17. The number of nitrogens with one attached hydrogen (secondary N) is 1. The smallest absolute Gasteiger partial charge is 0.279 e. The minimum absolute atomic E-state index is 0.0593. The SMILES string of the molecule is CN(C)S(=O)(=O)NC1CCN(C(=O)c2ccnn2C)CC1COC1CCC(c2cccc(F)c2)CC1. The van der Waals surface area contributed by atoms with Crippen LogP contribution in [-0.2, 0) is 22.0 Å². The lowest BCUT2D eigenvalue weighted by Gasteiger charge is -2.40. The molecule has 0 bridgehead atoms. The molecule has 9 nitrogen and oxygen atoms in total. The van der Waals surface area contributed by atoms with E-state index in [1.54, 1.807) is 41.0 Å². The lowest BCUT2D eigenvalue weighted by molar-refractivity contribution is -0.0152.